The van der Waals surface area contributed by atoms with Crippen molar-refractivity contribution in [3.63, 3.8) is 0 Å². The van der Waals surface area contributed by atoms with Crippen LogP contribution < -0.4 is 0 Å². The third-order valence-electron chi connectivity index (χ3n) is 1.40. The van der Waals surface area contributed by atoms with Crippen LogP contribution in [0.3, 0.4) is 0 Å². The Morgan fingerprint density at radius 3 is 2.38 bits per heavy atom. The normalized spacial score (nSPS) is 12.2. The Labute approximate surface area is 76.6 Å². The first-order valence-electron chi connectivity index (χ1n) is 4.04. The highest BCUT2D eigenvalue weighted by atomic mass is 16.7. The molecule has 1 atom stereocenters. The number of aliphatic carboxylic acids is 1. The topological polar surface area (TPSA) is 72.8 Å². The summed E-state index contributed by atoms with van der Waals surface area (Å²) in [6.45, 7) is 1.80. The zero-order chi connectivity index (χ0) is 10.3. The van der Waals surface area contributed by atoms with E-state index in [1.165, 1.54) is 7.11 Å². The van der Waals surface area contributed by atoms with Crippen LogP contribution in [0.5, 0.6) is 0 Å². The molecule has 1 unspecified atom stereocenters. The summed E-state index contributed by atoms with van der Waals surface area (Å²) in [5.74, 6) is -1.56. The number of carbonyl (C=O) groups excluding carboxylic acids is 1. The lowest BCUT2D eigenvalue weighted by Gasteiger charge is -2.13. The monoisotopic (exact) mass is 190 g/mol. The van der Waals surface area contributed by atoms with Crippen LogP contribution in [0.1, 0.15) is 26.2 Å². The Bertz CT molecular complexity index is 173. The van der Waals surface area contributed by atoms with E-state index in [-0.39, 0.29) is 12.8 Å². The number of ether oxygens (including phenoxy) is 2. The number of carbonyl (C=O) groups is 2. The third kappa shape index (κ3) is 6.10. The molecule has 5 nitrogen and oxygen atoms in total. The number of esters is 1. The number of hydrogen-bond acceptors (Lipinski definition) is 4. The Morgan fingerprint density at radius 2 is 2.00 bits per heavy atom. The van der Waals surface area contributed by atoms with Crippen molar-refractivity contribution in [3.05, 3.63) is 0 Å². The number of carboxylic acids is 1. The van der Waals surface area contributed by atoms with Gasteiger partial charge < -0.3 is 14.6 Å². The minimum Gasteiger partial charge on any atom is -0.481 e. The summed E-state index contributed by atoms with van der Waals surface area (Å²) in [7, 11) is 1.43. The van der Waals surface area contributed by atoms with Gasteiger partial charge in [0.05, 0.1) is 12.8 Å². The first-order chi connectivity index (χ1) is 6.10. The molecule has 0 bridgehead atoms. The lowest BCUT2D eigenvalue weighted by atomic mass is 10.3. The van der Waals surface area contributed by atoms with E-state index in [4.69, 9.17) is 14.6 Å². The van der Waals surface area contributed by atoms with Gasteiger partial charge in [0.15, 0.2) is 0 Å². The van der Waals surface area contributed by atoms with Gasteiger partial charge in [0.25, 0.3) is 0 Å². The van der Waals surface area contributed by atoms with Crippen LogP contribution in [0.15, 0.2) is 0 Å². The number of methoxy groups -OCH3 is 1. The average Bonchev–Trinajstić information content (AvgIpc) is 2.10. The fourth-order valence-electron chi connectivity index (χ4n) is 0.713. The van der Waals surface area contributed by atoms with Crippen molar-refractivity contribution in [2.75, 3.05) is 7.11 Å². The smallest absolute Gasteiger partial charge is 0.308 e. The molecule has 0 aromatic rings. The van der Waals surface area contributed by atoms with Gasteiger partial charge >= 0.3 is 11.9 Å². The molecule has 0 aliphatic heterocycles. The van der Waals surface area contributed by atoms with E-state index >= 15 is 0 Å². The first kappa shape index (κ1) is 11.9. The van der Waals surface area contributed by atoms with Gasteiger partial charge in [0.2, 0.25) is 6.29 Å². The van der Waals surface area contributed by atoms with Crippen molar-refractivity contribution < 1.29 is 24.2 Å². The molecule has 0 aliphatic carbocycles. The Kier molecular flexibility index (Phi) is 5.88. The summed E-state index contributed by atoms with van der Waals surface area (Å²) in [6, 6.07) is 0. The van der Waals surface area contributed by atoms with Crippen molar-refractivity contribution in [3.8, 4) is 0 Å². The van der Waals surface area contributed by atoms with Gasteiger partial charge in [-0.25, -0.2) is 0 Å². The van der Waals surface area contributed by atoms with Crippen LogP contribution >= 0.6 is 0 Å². The minimum absolute atomic E-state index is 0.116. The average molecular weight is 190 g/mol. The SMILES string of the molecule is CCC(OC)OC(=O)CCC(=O)O. The molecule has 0 fully saturated rings. The first-order valence-corrected chi connectivity index (χ1v) is 4.04. The van der Waals surface area contributed by atoms with Gasteiger partial charge in [-0.05, 0) is 0 Å². The molecule has 0 saturated heterocycles. The largest absolute Gasteiger partial charge is 0.481 e. The van der Waals surface area contributed by atoms with E-state index < -0.39 is 18.2 Å². The lowest BCUT2D eigenvalue weighted by molar-refractivity contribution is -0.174. The molecule has 0 saturated carbocycles. The highest BCUT2D eigenvalue weighted by Gasteiger charge is 2.12. The second kappa shape index (κ2) is 6.42. The zero-order valence-electron chi connectivity index (χ0n) is 7.78. The van der Waals surface area contributed by atoms with Gasteiger partial charge in [0.1, 0.15) is 0 Å². The Hall–Kier alpha value is -1.10. The molecule has 0 rings (SSSR count). The summed E-state index contributed by atoms with van der Waals surface area (Å²) < 4.78 is 9.56. The van der Waals surface area contributed by atoms with Crippen molar-refractivity contribution in [1.82, 2.24) is 0 Å². The summed E-state index contributed by atoms with van der Waals surface area (Å²) in [4.78, 5) is 21.0. The predicted octanol–water partition coefficient (Wildman–Crippen LogP) is 0.777. The van der Waals surface area contributed by atoms with Crippen molar-refractivity contribution in [2.24, 2.45) is 0 Å². The number of carboxylic acid groups (broad SMARTS) is 1. The molecule has 0 radical (unpaired) electrons. The highest BCUT2D eigenvalue weighted by molar-refractivity contribution is 5.76. The fourth-order valence-corrected chi connectivity index (χ4v) is 0.713. The van der Waals surface area contributed by atoms with E-state index in [0.29, 0.717) is 6.42 Å². The van der Waals surface area contributed by atoms with Crippen molar-refractivity contribution in [1.29, 1.82) is 0 Å². The predicted molar refractivity (Wildman–Crippen MR) is 44.0 cm³/mol. The van der Waals surface area contributed by atoms with Crippen molar-refractivity contribution in [2.45, 2.75) is 32.5 Å². The van der Waals surface area contributed by atoms with Crippen LogP contribution in [0.2, 0.25) is 0 Å². The minimum atomic E-state index is -1.01. The van der Waals surface area contributed by atoms with Gasteiger partial charge in [-0.3, -0.25) is 9.59 Å². The molecule has 5 heteroatoms. The molecular weight excluding hydrogens is 176 g/mol. The standard InChI is InChI=1S/C8H14O5/c1-3-8(12-2)13-7(11)5-4-6(9)10/h8H,3-5H2,1-2H3,(H,9,10). The maximum absolute atomic E-state index is 10.9. The fraction of sp³-hybridized carbons (Fsp3) is 0.750. The number of hydrogen-bond donors (Lipinski definition) is 1. The number of rotatable bonds is 6. The molecule has 76 valence electrons. The van der Waals surface area contributed by atoms with E-state index in [1.54, 1.807) is 6.92 Å². The van der Waals surface area contributed by atoms with E-state index in [2.05, 4.69) is 0 Å². The highest BCUT2D eigenvalue weighted by Crippen LogP contribution is 2.02. The Balaban J connectivity index is 3.66. The van der Waals surface area contributed by atoms with Crippen molar-refractivity contribution >= 4 is 11.9 Å². The van der Waals surface area contributed by atoms with E-state index in [9.17, 15) is 9.59 Å². The molecule has 0 aliphatic rings. The Morgan fingerprint density at radius 1 is 1.38 bits per heavy atom. The van der Waals surface area contributed by atoms with Gasteiger partial charge in [0, 0.05) is 13.5 Å². The molecule has 0 spiro atoms. The van der Waals surface area contributed by atoms with Gasteiger partial charge in [-0.15, -0.1) is 0 Å². The molecule has 0 aromatic carbocycles. The molecule has 13 heavy (non-hydrogen) atoms. The molecule has 0 aromatic heterocycles. The van der Waals surface area contributed by atoms with Crippen LogP contribution in [0.4, 0.5) is 0 Å². The summed E-state index contributed by atoms with van der Waals surface area (Å²) in [5.41, 5.74) is 0. The van der Waals surface area contributed by atoms with Crippen LogP contribution in [0.25, 0.3) is 0 Å². The molecule has 0 heterocycles. The van der Waals surface area contributed by atoms with Crippen LogP contribution in [-0.2, 0) is 19.1 Å². The zero-order valence-corrected chi connectivity index (χ0v) is 7.78. The van der Waals surface area contributed by atoms with E-state index in [0.717, 1.165) is 0 Å². The summed E-state index contributed by atoms with van der Waals surface area (Å²) in [6.07, 6.45) is -0.343. The molecule has 0 amide bonds. The second-order valence-corrected chi connectivity index (χ2v) is 2.46. The van der Waals surface area contributed by atoms with Gasteiger partial charge in [-0.2, -0.15) is 0 Å². The van der Waals surface area contributed by atoms with E-state index in [1.807, 2.05) is 0 Å². The second-order valence-electron chi connectivity index (χ2n) is 2.46. The van der Waals surface area contributed by atoms with Crippen LogP contribution in [0, 0.1) is 0 Å². The molecular formula is C8H14O5. The molecule has 1 N–H and O–H groups in total. The summed E-state index contributed by atoms with van der Waals surface area (Å²) >= 11 is 0. The lowest BCUT2D eigenvalue weighted by Crippen LogP contribution is -2.19. The maximum Gasteiger partial charge on any atom is 0.308 e. The van der Waals surface area contributed by atoms with Gasteiger partial charge in [-0.1, -0.05) is 6.92 Å². The summed E-state index contributed by atoms with van der Waals surface area (Å²) in [5, 5.41) is 8.27. The quantitative estimate of drug-likeness (QED) is 0.495. The maximum atomic E-state index is 10.9. The van der Waals surface area contributed by atoms with Crippen LogP contribution in [-0.4, -0.2) is 30.4 Å². The third-order valence-corrected chi connectivity index (χ3v) is 1.40.